The summed E-state index contributed by atoms with van der Waals surface area (Å²) in [6.07, 6.45) is 3.55. The Hall–Kier alpha value is -1.81. The number of aromatic nitrogens is 2. The number of aryl methyl sites for hydroxylation is 1. The number of rotatable bonds is 6. The first-order valence-corrected chi connectivity index (χ1v) is 6.15. The van der Waals surface area contributed by atoms with Crippen LogP contribution < -0.4 is 5.73 Å². The normalized spacial score (nSPS) is 10.7. The van der Waals surface area contributed by atoms with Crippen molar-refractivity contribution in [1.82, 2.24) is 9.78 Å². The predicted octanol–water partition coefficient (Wildman–Crippen LogP) is 1.80. The second-order valence-corrected chi connectivity index (χ2v) is 4.26. The number of para-hydroxylation sites is 1. The van der Waals surface area contributed by atoms with Crippen LogP contribution in [0.2, 0.25) is 0 Å². The maximum atomic E-state index is 5.87. The van der Waals surface area contributed by atoms with Gasteiger partial charge in [0.15, 0.2) is 0 Å². The molecule has 4 heteroatoms. The zero-order valence-electron chi connectivity index (χ0n) is 10.7. The molecule has 0 aliphatic carbocycles. The molecule has 0 bridgehead atoms. The third-order valence-electron chi connectivity index (χ3n) is 3.00. The van der Waals surface area contributed by atoms with Crippen LogP contribution in [0.1, 0.15) is 11.3 Å². The third-order valence-corrected chi connectivity index (χ3v) is 3.00. The van der Waals surface area contributed by atoms with Crippen LogP contribution in [-0.2, 0) is 24.6 Å². The molecule has 0 saturated carbocycles. The molecule has 0 spiro atoms. The second-order valence-electron chi connectivity index (χ2n) is 4.26. The number of anilines is 1. The Kier molecular flexibility index (Phi) is 4.36. The Morgan fingerprint density at radius 3 is 2.67 bits per heavy atom. The summed E-state index contributed by atoms with van der Waals surface area (Å²) >= 11 is 0. The Labute approximate surface area is 107 Å². The van der Waals surface area contributed by atoms with Gasteiger partial charge in [-0.15, -0.1) is 0 Å². The van der Waals surface area contributed by atoms with E-state index >= 15 is 0 Å². The Balaban J connectivity index is 1.68. The molecule has 0 aliphatic rings. The van der Waals surface area contributed by atoms with Crippen LogP contribution in [0.5, 0.6) is 0 Å². The highest BCUT2D eigenvalue weighted by atomic mass is 16.5. The van der Waals surface area contributed by atoms with Crippen LogP contribution in [0.25, 0.3) is 0 Å². The maximum Gasteiger partial charge on any atom is 0.0521 e. The number of nitrogen functional groups attached to an aromatic ring is 1. The van der Waals surface area contributed by atoms with Crippen molar-refractivity contribution in [3.8, 4) is 0 Å². The molecule has 1 aromatic heterocycles. The first kappa shape index (κ1) is 12.6. The number of nitrogens with two attached hydrogens (primary N) is 1. The topological polar surface area (TPSA) is 53.1 Å². The lowest BCUT2D eigenvalue weighted by molar-refractivity contribution is 0.139. The molecule has 0 fully saturated rings. The molecule has 0 atom stereocenters. The highest BCUT2D eigenvalue weighted by Crippen LogP contribution is 2.10. The van der Waals surface area contributed by atoms with E-state index in [2.05, 4.69) is 5.10 Å². The molecule has 1 heterocycles. The lowest BCUT2D eigenvalue weighted by Gasteiger charge is -2.06. The van der Waals surface area contributed by atoms with E-state index < -0.39 is 0 Å². The van der Waals surface area contributed by atoms with E-state index in [1.54, 1.807) is 6.20 Å². The van der Waals surface area contributed by atoms with Crippen LogP contribution in [0, 0.1) is 0 Å². The van der Waals surface area contributed by atoms with E-state index in [0.717, 1.165) is 24.1 Å². The van der Waals surface area contributed by atoms with Crippen molar-refractivity contribution < 1.29 is 4.74 Å². The van der Waals surface area contributed by atoms with Gasteiger partial charge >= 0.3 is 0 Å². The summed E-state index contributed by atoms with van der Waals surface area (Å²) in [5.41, 5.74) is 9.05. The molecule has 1 aromatic carbocycles. The van der Waals surface area contributed by atoms with Crippen molar-refractivity contribution in [1.29, 1.82) is 0 Å². The first-order valence-electron chi connectivity index (χ1n) is 6.15. The van der Waals surface area contributed by atoms with Crippen molar-refractivity contribution in [2.45, 2.75) is 12.8 Å². The fourth-order valence-electron chi connectivity index (χ4n) is 1.87. The van der Waals surface area contributed by atoms with Crippen LogP contribution in [-0.4, -0.2) is 23.0 Å². The summed E-state index contributed by atoms with van der Waals surface area (Å²) in [6.45, 7) is 1.42. The smallest absolute Gasteiger partial charge is 0.0521 e. The van der Waals surface area contributed by atoms with Gasteiger partial charge in [0.05, 0.1) is 13.2 Å². The van der Waals surface area contributed by atoms with Gasteiger partial charge in [0, 0.05) is 31.0 Å². The molecule has 2 N–H and O–H groups in total. The van der Waals surface area contributed by atoms with E-state index in [0.29, 0.717) is 13.2 Å². The number of benzene rings is 1. The largest absolute Gasteiger partial charge is 0.399 e. The van der Waals surface area contributed by atoms with Crippen LogP contribution in [0.3, 0.4) is 0 Å². The average molecular weight is 245 g/mol. The summed E-state index contributed by atoms with van der Waals surface area (Å²) in [7, 11) is 1.94. The van der Waals surface area contributed by atoms with Gasteiger partial charge in [-0.1, -0.05) is 18.2 Å². The Morgan fingerprint density at radius 1 is 1.17 bits per heavy atom. The van der Waals surface area contributed by atoms with E-state index in [-0.39, 0.29) is 0 Å². The van der Waals surface area contributed by atoms with Crippen LogP contribution in [0.15, 0.2) is 36.5 Å². The molecule has 2 rings (SSSR count). The first-order chi connectivity index (χ1) is 8.77. The van der Waals surface area contributed by atoms with E-state index in [1.807, 2.05) is 42.1 Å². The van der Waals surface area contributed by atoms with E-state index in [4.69, 9.17) is 10.5 Å². The molecule has 0 amide bonds. The molecule has 0 aliphatic heterocycles. The Morgan fingerprint density at radius 2 is 1.94 bits per heavy atom. The summed E-state index contributed by atoms with van der Waals surface area (Å²) in [5, 5.41) is 4.12. The Bertz CT molecular complexity index is 493. The monoisotopic (exact) mass is 245 g/mol. The number of hydrogen-bond donors (Lipinski definition) is 1. The zero-order valence-corrected chi connectivity index (χ0v) is 10.7. The maximum absolute atomic E-state index is 5.87. The van der Waals surface area contributed by atoms with E-state index in [1.165, 1.54) is 5.69 Å². The quantitative estimate of drug-likeness (QED) is 0.623. The zero-order chi connectivity index (χ0) is 12.8. The molecule has 4 nitrogen and oxygen atoms in total. The lowest BCUT2D eigenvalue weighted by Crippen LogP contribution is -2.07. The fraction of sp³-hybridized carbons (Fsp3) is 0.357. The van der Waals surface area contributed by atoms with Crippen molar-refractivity contribution in [3.63, 3.8) is 0 Å². The molecular formula is C14H19N3O. The molecule has 96 valence electrons. The van der Waals surface area contributed by atoms with Crippen molar-refractivity contribution in [3.05, 3.63) is 47.8 Å². The molecule has 0 radical (unpaired) electrons. The van der Waals surface area contributed by atoms with Gasteiger partial charge in [-0.05, 0) is 24.1 Å². The minimum atomic E-state index is 0.700. The lowest BCUT2D eigenvalue weighted by atomic mass is 10.1. The van der Waals surface area contributed by atoms with Gasteiger partial charge in [-0.2, -0.15) is 5.10 Å². The minimum Gasteiger partial charge on any atom is -0.399 e. The predicted molar refractivity (Wildman–Crippen MR) is 72.3 cm³/mol. The van der Waals surface area contributed by atoms with Gasteiger partial charge < -0.3 is 10.5 Å². The fourth-order valence-corrected chi connectivity index (χ4v) is 1.87. The molecule has 18 heavy (non-hydrogen) atoms. The van der Waals surface area contributed by atoms with Gasteiger partial charge in [-0.3, -0.25) is 4.68 Å². The van der Waals surface area contributed by atoms with Crippen molar-refractivity contribution in [2.75, 3.05) is 18.9 Å². The van der Waals surface area contributed by atoms with Crippen molar-refractivity contribution >= 4 is 5.69 Å². The summed E-state index contributed by atoms with van der Waals surface area (Å²) in [6, 6.07) is 9.92. The van der Waals surface area contributed by atoms with E-state index in [9.17, 15) is 0 Å². The number of ether oxygens (including phenoxy) is 1. The molecular weight excluding hydrogens is 226 g/mol. The second kappa shape index (κ2) is 6.21. The molecule has 2 aromatic rings. The summed E-state index contributed by atoms with van der Waals surface area (Å²) in [5.74, 6) is 0. The van der Waals surface area contributed by atoms with Gasteiger partial charge in [0.1, 0.15) is 0 Å². The van der Waals surface area contributed by atoms with Gasteiger partial charge in [0.2, 0.25) is 0 Å². The van der Waals surface area contributed by atoms with Gasteiger partial charge in [-0.25, -0.2) is 0 Å². The highest BCUT2D eigenvalue weighted by molar-refractivity contribution is 5.46. The average Bonchev–Trinajstić information content (AvgIpc) is 2.77. The number of nitrogens with zero attached hydrogens (tertiary/aromatic N) is 2. The SMILES string of the molecule is Cn1nccc1CCOCCc1ccccc1N. The van der Waals surface area contributed by atoms with Gasteiger partial charge in [0.25, 0.3) is 0 Å². The van der Waals surface area contributed by atoms with Crippen LogP contribution in [0.4, 0.5) is 5.69 Å². The van der Waals surface area contributed by atoms with Crippen molar-refractivity contribution in [2.24, 2.45) is 7.05 Å². The third kappa shape index (κ3) is 3.34. The van der Waals surface area contributed by atoms with Crippen LogP contribution >= 0.6 is 0 Å². The summed E-state index contributed by atoms with van der Waals surface area (Å²) in [4.78, 5) is 0. The molecule has 0 saturated heterocycles. The molecule has 0 unspecified atom stereocenters. The minimum absolute atomic E-state index is 0.700. The number of hydrogen-bond acceptors (Lipinski definition) is 3. The highest BCUT2D eigenvalue weighted by Gasteiger charge is 2.00. The summed E-state index contributed by atoms with van der Waals surface area (Å²) < 4.78 is 7.50. The standard InChI is InChI=1S/C14H19N3O/c1-17-13(6-9-16-17)8-11-18-10-7-12-4-2-3-5-14(12)15/h2-6,9H,7-8,10-11,15H2,1H3.